The van der Waals surface area contributed by atoms with Crippen LogP contribution < -0.4 is 15.0 Å². The summed E-state index contributed by atoms with van der Waals surface area (Å²) in [6.07, 6.45) is 4.97. The number of fused-ring (bicyclic) bond motifs is 4. The Labute approximate surface area is 237 Å². The third-order valence-corrected chi connectivity index (χ3v) is 8.97. The molecular formula is C30H32ClFN6O2. The highest BCUT2D eigenvalue weighted by molar-refractivity contribution is 6.36. The molecule has 2 aromatic heterocycles. The molecule has 0 amide bonds. The van der Waals surface area contributed by atoms with Gasteiger partial charge in [0.05, 0.1) is 11.5 Å². The standard InChI is InChI=1S/C30H32ClFN6O2/c1-37-15-21(39-2)11-20(37)16-40-30-35-28-23(29(36-30)38-13-18-9-10-19(14-38)34-18)12-33-27(26(28)32)22-7-3-5-17-6-4-8-24(31)25(17)22/h3-8,12,18-21,34H,9-11,13-16H2,1-2H3/t18?,19?,20?,21-/m0/s1. The van der Waals surface area contributed by atoms with Crippen LogP contribution in [0.25, 0.3) is 32.9 Å². The molecule has 1 N–H and O–H groups in total. The van der Waals surface area contributed by atoms with Gasteiger partial charge in [-0.15, -0.1) is 0 Å². The molecule has 208 valence electrons. The number of methoxy groups -OCH3 is 1. The van der Waals surface area contributed by atoms with Crippen LogP contribution in [0.4, 0.5) is 10.2 Å². The quantitative estimate of drug-likeness (QED) is 0.363. The molecule has 10 heteroatoms. The van der Waals surface area contributed by atoms with Gasteiger partial charge >= 0.3 is 6.01 Å². The second-order valence-electron chi connectivity index (χ2n) is 11.2. The first-order valence-corrected chi connectivity index (χ1v) is 14.3. The second-order valence-corrected chi connectivity index (χ2v) is 11.6. The Bertz CT molecular complexity index is 1570. The topological polar surface area (TPSA) is 75.6 Å². The molecule has 7 rings (SSSR count). The predicted molar refractivity (Wildman–Crippen MR) is 155 cm³/mol. The smallest absolute Gasteiger partial charge is 0.319 e. The van der Waals surface area contributed by atoms with Gasteiger partial charge in [0.25, 0.3) is 0 Å². The fraction of sp³-hybridized carbons (Fsp3) is 0.433. The Balaban J connectivity index is 1.32. The predicted octanol–water partition coefficient (Wildman–Crippen LogP) is 4.68. The minimum Gasteiger partial charge on any atom is -0.462 e. The van der Waals surface area contributed by atoms with E-state index >= 15 is 4.39 Å². The van der Waals surface area contributed by atoms with Crippen LogP contribution >= 0.6 is 11.6 Å². The number of anilines is 1. The highest BCUT2D eigenvalue weighted by Crippen LogP contribution is 2.38. The van der Waals surface area contributed by atoms with E-state index in [0.29, 0.717) is 40.5 Å². The Hall–Kier alpha value is -3.11. The van der Waals surface area contributed by atoms with E-state index in [0.717, 1.165) is 49.7 Å². The van der Waals surface area contributed by atoms with E-state index in [-0.39, 0.29) is 29.4 Å². The summed E-state index contributed by atoms with van der Waals surface area (Å²) in [6.45, 7) is 2.83. The van der Waals surface area contributed by atoms with Crippen molar-refractivity contribution in [1.29, 1.82) is 0 Å². The summed E-state index contributed by atoms with van der Waals surface area (Å²) in [5, 5.41) is 6.47. The van der Waals surface area contributed by atoms with Crippen LogP contribution in [0.3, 0.4) is 0 Å². The minimum atomic E-state index is -0.506. The van der Waals surface area contributed by atoms with Gasteiger partial charge in [-0.25, -0.2) is 4.39 Å². The number of ether oxygens (including phenoxy) is 2. The molecule has 5 heterocycles. The number of benzene rings is 2. The molecule has 2 bridgehead atoms. The first-order valence-electron chi connectivity index (χ1n) is 13.9. The van der Waals surface area contributed by atoms with Gasteiger partial charge in [0, 0.05) is 67.0 Å². The Morgan fingerprint density at radius 3 is 2.60 bits per heavy atom. The van der Waals surface area contributed by atoms with Crippen molar-refractivity contribution in [2.24, 2.45) is 0 Å². The van der Waals surface area contributed by atoms with Gasteiger partial charge in [-0.05, 0) is 37.8 Å². The highest BCUT2D eigenvalue weighted by Gasteiger charge is 2.35. The van der Waals surface area contributed by atoms with Crippen LogP contribution in [-0.4, -0.2) is 84.5 Å². The monoisotopic (exact) mass is 562 g/mol. The lowest BCUT2D eigenvalue weighted by Crippen LogP contribution is -2.51. The first-order chi connectivity index (χ1) is 19.5. The van der Waals surface area contributed by atoms with Crippen molar-refractivity contribution >= 4 is 39.1 Å². The summed E-state index contributed by atoms with van der Waals surface area (Å²) in [5.74, 6) is 0.163. The fourth-order valence-electron chi connectivity index (χ4n) is 6.54. The van der Waals surface area contributed by atoms with Crippen molar-refractivity contribution in [2.45, 2.75) is 43.5 Å². The molecule has 4 aromatic rings. The first kappa shape index (κ1) is 25.8. The van der Waals surface area contributed by atoms with Gasteiger partial charge in [0.1, 0.15) is 23.6 Å². The average Bonchev–Trinajstić information content (AvgIpc) is 3.51. The van der Waals surface area contributed by atoms with Gasteiger partial charge in [0.2, 0.25) is 0 Å². The van der Waals surface area contributed by atoms with Crippen LogP contribution in [0.2, 0.25) is 5.02 Å². The zero-order valence-corrected chi connectivity index (χ0v) is 23.4. The van der Waals surface area contributed by atoms with E-state index in [4.69, 9.17) is 26.1 Å². The Morgan fingerprint density at radius 2 is 1.85 bits per heavy atom. The molecule has 3 aliphatic heterocycles. The van der Waals surface area contributed by atoms with Gasteiger partial charge in [0.15, 0.2) is 5.82 Å². The van der Waals surface area contributed by atoms with E-state index in [1.807, 2.05) is 36.4 Å². The third-order valence-electron chi connectivity index (χ3n) is 8.66. The molecule has 0 spiro atoms. The SMILES string of the molecule is CO[C@H]1CC(COc2nc(N3CC4CCC(C3)N4)c3cnc(-c4cccc5cccc(Cl)c45)c(F)c3n2)N(C)C1. The zero-order chi connectivity index (χ0) is 27.4. The number of nitrogens with one attached hydrogen (secondary N) is 1. The third kappa shape index (κ3) is 4.55. The minimum absolute atomic E-state index is 0.165. The number of hydrogen-bond acceptors (Lipinski definition) is 8. The highest BCUT2D eigenvalue weighted by atomic mass is 35.5. The second kappa shape index (κ2) is 10.4. The van der Waals surface area contributed by atoms with Crippen molar-refractivity contribution in [2.75, 3.05) is 45.3 Å². The molecule has 0 aliphatic carbocycles. The van der Waals surface area contributed by atoms with Crippen LogP contribution in [0.1, 0.15) is 19.3 Å². The summed E-state index contributed by atoms with van der Waals surface area (Å²) >= 11 is 6.58. The number of likely N-dealkylation sites (N-methyl/N-ethyl adjacent to an activating group) is 1. The maximum Gasteiger partial charge on any atom is 0.319 e. The van der Waals surface area contributed by atoms with Crippen molar-refractivity contribution in [3.8, 4) is 17.3 Å². The molecule has 0 radical (unpaired) electrons. The molecular weight excluding hydrogens is 531 g/mol. The van der Waals surface area contributed by atoms with Crippen LogP contribution in [0.5, 0.6) is 6.01 Å². The number of aromatic nitrogens is 3. The van der Waals surface area contributed by atoms with Gasteiger partial charge in [-0.1, -0.05) is 41.9 Å². The van der Waals surface area contributed by atoms with E-state index in [9.17, 15) is 0 Å². The van der Waals surface area contributed by atoms with Crippen molar-refractivity contribution in [3.63, 3.8) is 0 Å². The summed E-state index contributed by atoms with van der Waals surface area (Å²) in [5.41, 5.74) is 1.04. The van der Waals surface area contributed by atoms with Crippen molar-refractivity contribution in [1.82, 2.24) is 25.2 Å². The van der Waals surface area contributed by atoms with Gasteiger partial charge < -0.3 is 19.7 Å². The number of hydrogen-bond donors (Lipinski definition) is 1. The van der Waals surface area contributed by atoms with E-state index in [1.165, 1.54) is 0 Å². The van der Waals surface area contributed by atoms with E-state index in [1.54, 1.807) is 13.3 Å². The van der Waals surface area contributed by atoms with Crippen molar-refractivity contribution in [3.05, 3.63) is 53.4 Å². The number of pyridine rings is 1. The van der Waals surface area contributed by atoms with Crippen LogP contribution in [0.15, 0.2) is 42.6 Å². The summed E-state index contributed by atoms with van der Waals surface area (Å²) < 4.78 is 28.2. The molecule has 2 aromatic carbocycles. The number of halogens is 2. The molecule has 3 aliphatic rings. The molecule has 4 atom stereocenters. The number of nitrogens with zero attached hydrogens (tertiary/aromatic N) is 5. The average molecular weight is 563 g/mol. The summed E-state index contributed by atoms with van der Waals surface area (Å²) in [4.78, 5) is 18.5. The Morgan fingerprint density at radius 1 is 1.07 bits per heavy atom. The summed E-state index contributed by atoms with van der Waals surface area (Å²) in [7, 11) is 3.79. The van der Waals surface area contributed by atoms with Gasteiger partial charge in [-0.2, -0.15) is 9.97 Å². The number of likely N-dealkylation sites (tertiary alicyclic amines) is 1. The van der Waals surface area contributed by atoms with E-state index < -0.39 is 5.82 Å². The molecule has 3 saturated heterocycles. The lowest BCUT2D eigenvalue weighted by Gasteiger charge is -2.34. The molecule has 3 unspecified atom stereocenters. The molecule has 3 fully saturated rings. The largest absolute Gasteiger partial charge is 0.462 e. The number of piperazine rings is 1. The van der Waals surface area contributed by atoms with Crippen LogP contribution in [0, 0.1) is 5.82 Å². The fourth-order valence-corrected chi connectivity index (χ4v) is 6.83. The normalized spacial score (nSPS) is 24.9. The van der Waals surface area contributed by atoms with Crippen LogP contribution in [-0.2, 0) is 4.74 Å². The maximum absolute atomic E-state index is 16.5. The lowest BCUT2D eigenvalue weighted by atomic mass is 10.0. The van der Waals surface area contributed by atoms with E-state index in [2.05, 4.69) is 32.1 Å². The maximum atomic E-state index is 16.5. The molecule has 40 heavy (non-hydrogen) atoms. The lowest BCUT2D eigenvalue weighted by molar-refractivity contribution is 0.111. The Kier molecular flexibility index (Phi) is 6.70. The van der Waals surface area contributed by atoms with Gasteiger partial charge in [-0.3, -0.25) is 9.88 Å². The van der Waals surface area contributed by atoms with Crippen molar-refractivity contribution < 1.29 is 13.9 Å². The summed E-state index contributed by atoms with van der Waals surface area (Å²) in [6, 6.07) is 12.5. The number of rotatable bonds is 6. The zero-order valence-electron chi connectivity index (χ0n) is 22.6. The molecule has 0 saturated carbocycles. The molecule has 8 nitrogen and oxygen atoms in total.